The van der Waals surface area contributed by atoms with Crippen molar-refractivity contribution < 1.29 is 13.2 Å². The SMILES string of the molecule is FC(F)(F)c1cccn2c(CCn3cccn3)nnc12. The molecular formula is C12H10F3N5. The molecule has 8 heteroatoms. The van der Waals surface area contributed by atoms with Crippen LogP contribution in [0.5, 0.6) is 0 Å². The molecule has 0 saturated heterocycles. The zero-order chi connectivity index (χ0) is 14.2. The summed E-state index contributed by atoms with van der Waals surface area (Å²) in [6, 6.07) is 4.13. The topological polar surface area (TPSA) is 48.0 Å². The van der Waals surface area contributed by atoms with E-state index >= 15 is 0 Å². The third-order valence-electron chi connectivity index (χ3n) is 2.93. The Morgan fingerprint density at radius 3 is 2.65 bits per heavy atom. The molecule has 0 aromatic carbocycles. The van der Waals surface area contributed by atoms with Gasteiger partial charge in [-0.05, 0) is 18.2 Å². The van der Waals surface area contributed by atoms with E-state index in [1.54, 1.807) is 23.1 Å². The number of fused-ring (bicyclic) bond motifs is 1. The number of halogens is 3. The molecule has 20 heavy (non-hydrogen) atoms. The molecule has 0 atom stereocenters. The molecule has 0 radical (unpaired) electrons. The first kappa shape index (κ1) is 12.6. The number of hydrogen-bond acceptors (Lipinski definition) is 3. The van der Waals surface area contributed by atoms with E-state index in [1.165, 1.54) is 16.7 Å². The van der Waals surface area contributed by atoms with Crippen LogP contribution in [0.2, 0.25) is 0 Å². The summed E-state index contributed by atoms with van der Waals surface area (Å²) < 4.78 is 41.6. The first-order valence-corrected chi connectivity index (χ1v) is 5.93. The van der Waals surface area contributed by atoms with Gasteiger partial charge in [0.05, 0.1) is 0 Å². The Morgan fingerprint density at radius 2 is 1.95 bits per heavy atom. The highest BCUT2D eigenvalue weighted by Crippen LogP contribution is 2.31. The van der Waals surface area contributed by atoms with Crippen LogP contribution in [0.15, 0.2) is 36.8 Å². The predicted molar refractivity (Wildman–Crippen MR) is 63.9 cm³/mol. The number of rotatable bonds is 3. The van der Waals surface area contributed by atoms with E-state index in [0.717, 1.165) is 6.07 Å². The summed E-state index contributed by atoms with van der Waals surface area (Å²) in [5, 5.41) is 11.5. The summed E-state index contributed by atoms with van der Waals surface area (Å²) in [5.74, 6) is 0.474. The molecule has 0 unspecified atom stereocenters. The van der Waals surface area contributed by atoms with Gasteiger partial charge in [0.25, 0.3) is 0 Å². The molecule has 3 rings (SSSR count). The highest BCUT2D eigenvalue weighted by atomic mass is 19.4. The van der Waals surface area contributed by atoms with E-state index in [4.69, 9.17) is 0 Å². The lowest BCUT2D eigenvalue weighted by atomic mass is 10.2. The highest BCUT2D eigenvalue weighted by Gasteiger charge is 2.34. The second-order valence-corrected chi connectivity index (χ2v) is 4.25. The molecule has 5 nitrogen and oxygen atoms in total. The molecule has 0 bridgehead atoms. The summed E-state index contributed by atoms with van der Waals surface area (Å²) in [6.45, 7) is 0.532. The van der Waals surface area contributed by atoms with Crippen LogP contribution in [0.25, 0.3) is 5.65 Å². The zero-order valence-corrected chi connectivity index (χ0v) is 10.2. The Kier molecular flexibility index (Phi) is 2.92. The average Bonchev–Trinajstić information content (AvgIpc) is 3.04. The van der Waals surface area contributed by atoms with E-state index in [0.29, 0.717) is 18.8 Å². The maximum Gasteiger partial charge on any atom is 0.420 e. The minimum Gasteiger partial charge on any atom is -0.286 e. The molecule has 0 aliphatic carbocycles. The largest absolute Gasteiger partial charge is 0.420 e. The fourth-order valence-corrected chi connectivity index (χ4v) is 2.00. The number of aromatic nitrogens is 5. The molecule has 3 aromatic rings. The summed E-state index contributed by atoms with van der Waals surface area (Å²) in [6.07, 6.45) is 0.968. The average molecular weight is 281 g/mol. The van der Waals surface area contributed by atoms with Gasteiger partial charge in [0.2, 0.25) is 0 Å². The zero-order valence-electron chi connectivity index (χ0n) is 10.2. The van der Waals surface area contributed by atoms with Crippen molar-refractivity contribution in [2.24, 2.45) is 0 Å². The van der Waals surface area contributed by atoms with Gasteiger partial charge in [0.1, 0.15) is 11.4 Å². The van der Waals surface area contributed by atoms with Gasteiger partial charge in [-0.1, -0.05) is 0 Å². The second-order valence-electron chi connectivity index (χ2n) is 4.25. The maximum atomic E-state index is 12.8. The van der Waals surface area contributed by atoms with Crippen LogP contribution in [-0.2, 0) is 19.1 Å². The van der Waals surface area contributed by atoms with Crippen LogP contribution < -0.4 is 0 Å². The highest BCUT2D eigenvalue weighted by molar-refractivity contribution is 5.49. The molecule has 0 aliphatic heterocycles. The molecular weight excluding hydrogens is 271 g/mol. The molecule has 0 saturated carbocycles. The van der Waals surface area contributed by atoms with Crippen LogP contribution in [0, 0.1) is 0 Å². The Balaban J connectivity index is 1.94. The van der Waals surface area contributed by atoms with Crippen molar-refractivity contribution in [3.63, 3.8) is 0 Å². The number of nitrogens with zero attached hydrogens (tertiary/aromatic N) is 5. The Hall–Kier alpha value is -2.38. The maximum absolute atomic E-state index is 12.8. The summed E-state index contributed by atoms with van der Waals surface area (Å²) >= 11 is 0. The van der Waals surface area contributed by atoms with Crippen molar-refractivity contribution in [1.29, 1.82) is 0 Å². The lowest BCUT2D eigenvalue weighted by molar-refractivity contribution is -0.136. The van der Waals surface area contributed by atoms with Crippen molar-refractivity contribution in [2.45, 2.75) is 19.1 Å². The van der Waals surface area contributed by atoms with E-state index in [1.807, 2.05) is 0 Å². The van der Waals surface area contributed by atoms with Crippen molar-refractivity contribution in [3.05, 3.63) is 48.2 Å². The molecule has 0 amide bonds. The van der Waals surface area contributed by atoms with E-state index in [9.17, 15) is 13.2 Å². The molecule has 3 aromatic heterocycles. The Morgan fingerprint density at radius 1 is 1.10 bits per heavy atom. The van der Waals surface area contributed by atoms with Crippen LogP contribution in [0.1, 0.15) is 11.4 Å². The number of hydrogen-bond donors (Lipinski definition) is 0. The van der Waals surface area contributed by atoms with Gasteiger partial charge in [-0.15, -0.1) is 10.2 Å². The Bertz CT molecular complexity index is 714. The summed E-state index contributed by atoms with van der Waals surface area (Å²) in [4.78, 5) is 0. The number of pyridine rings is 1. The van der Waals surface area contributed by atoms with Gasteiger partial charge in [-0.3, -0.25) is 9.08 Å². The fraction of sp³-hybridized carbons (Fsp3) is 0.250. The van der Waals surface area contributed by atoms with Gasteiger partial charge < -0.3 is 0 Å². The summed E-state index contributed by atoms with van der Waals surface area (Å²) in [7, 11) is 0. The fourth-order valence-electron chi connectivity index (χ4n) is 2.00. The second kappa shape index (κ2) is 4.62. The van der Waals surface area contributed by atoms with Gasteiger partial charge in [0, 0.05) is 31.6 Å². The van der Waals surface area contributed by atoms with Crippen molar-refractivity contribution in [3.8, 4) is 0 Å². The molecule has 3 heterocycles. The van der Waals surface area contributed by atoms with Gasteiger partial charge in [-0.25, -0.2) is 0 Å². The minimum absolute atomic E-state index is 0.171. The smallest absolute Gasteiger partial charge is 0.286 e. The molecule has 0 N–H and O–H groups in total. The van der Waals surface area contributed by atoms with Crippen LogP contribution in [-0.4, -0.2) is 24.4 Å². The quantitative estimate of drug-likeness (QED) is 0.739. The molecule has 104 valence electrons. The standard InChI is InChI=1S/C12H10F3N5/c13-12(14,15)9-3-1-7-20-10(17-18-11(9)20)4-8-19-6-2-5-16-19/h1-3,5-7H,4,8H2. The number of aryl methyl sites for hydroxylation is 2. The van der Waals surface area contributed by atoms with Crippen LogP contribution >= 0.6 is 0 Å². The number of alkyl halides is 3. The summed E-state index contributed by atoms with van der Waals surface area (Å²) in [5.41, 5.74) is -0.951. The third kappa shape index (κ3) is 2.24. The first-order chi connectivity index (χ1) is 9.55. The minimum atomic E-state index is -4.44. The molecule has 0 spiro atoms. The van der Waals surface area contributed by atoms with Gasteiger partial charge in [0.15, 0.2) is 5.65 Å². The van der Waals surface area contributed by atoms with E-state index in [2.05, 4.69) is 15.3 Å². The predicted octanol–water partition coefficient (Wildman–Crippen LogP) is 2.19. The monoisotopic (exact) mass is 281 g/mol. The lowest BCUT2D eigenvalue weighted by Gasteiger charge is -2.07. The van der Waals surface area contributed by atoms with E-state index in [-0.39, 0.29) is 5.65 Å². The van der Waals surface area contributed by atoms with Crippen molar-refractivity contribution in [1.82, 2.24) is 24.4 Å². The van der Waals surface area contributed by atoms with Gasteiger partial charge in [-0.2, -0.15) is 18.3 Å². The molecule has 0 fully saturated rings. The lowest BCUT2D eigenvalue weighted by Crippen LogP contribution is -2.09. The normalized spacial score (nSPS) is 12.2. The van der Waals surface area contributed by atoms with Crippen molar-refractivity contribution >= 4 is 5.65 Å². The van der Waals surface area contributed by atoms with Crippen LogP contribution in [0.4, 0.5) is 13.2 Å². The molecule has 0 aliphatic rings. The van der Waals surface area contributed by atoms with Crippen molar-refractivity contribution in [2.75, 3.05) is 0 Å². The van der Waals surface area contributed by atoms with E-state index < -0.39 is 11.7 Å². The van der Waals surface area contributed by atoms with Crippen LogP contribution in [0.3, 0.4) is 0 Å². The first-order valence-electron chi connectivity index (χ1n) is 5.93. The van der Waals surface area contributed by atoms with Gasteiger partial charge >= 0.3 is 6.18 Å². The Labute approximate surface area is 111 Å². The third-order valence-corrected chi connectivity index (χ3v) is 2.93.